The van der Waals surface area contributed by atoms with Crippen molar-refractivity contribution in [2.75, 3.05) is 19.5 Å². The number of rotatable bonds is 5. The number of halogens is 3. The predicted molar refractivity (Wildman–Crippen MR) is 112 cm³/mol. The average molecular weight is 582 g/mol. The Morgan fingerprint density at radius 3 is 2.18 bits per heavy atom. The van der Waals surface area contributed by atoms with Crippen molar-refractivity contribution >= 4 is 71.1 Å². The normalized spacial score (nSPS) is 10.2. The number of hydrogen-bond acceptors (Lipinski definition) is 6. The van der Waals surface area contributed by atoms with Gasteiger partial charge in [0.15, 0.2) is 0 Å². The van der Waals surface area contributed by atoms with Crippen molar-refractivity contribution in [2.24, 2.45) is 0 Å². The molecule has 0 heterocycles. The van der Waals surface area contributed by atoms with Gasteiger partial charge in [0.05, 0.1) is 24.8 Å². The first-order valence-electron chi connectivity index (χ1n) is 7.35. The van der Waals surface area contributed by atoms with E-state index in [9.17, 15) is 19.7 Å². The third-order valence-corrected chi connectivity index (χ3v) is 5.13. The summed E-state index contributed by atoms with van der Waals surface area (Å²) in [5, 5.41) is 15.8. The van der Waals surface area contributed by atoms with Crippen LogP contribution in [0.25, 0.3) is 0 Å². The van der Waals surface area contributed by atoms with Gasteiger partial charge in [-0.2, -0.15) is 0 Å². The highest BCUT2D eigenvalue weighted by molar-refractivity contribution is 9.11. The predicted octanol–water partition coefficient (Wildman–Crippen LogP) is 4.86. The third-order valence-electron chi connectivity index (χ3n) is 3.42. The Morgan fingerprint density at radius 2 is 1.68 bits per heavy atom. The zero-order chi connectivity index (χ0) is 21.0. The minimum atomic E-state index is -0.931. The summed E-state index contributed by atoms with van der Waals surface area (Å²) in [7, 11) is 2.46. The lowest BCUT2D eigenvalue weighted by Crippen LogP contribution is -2.35. The van der Waals surface area contributed by atoms with Crippen molar-refractivity contribution in [1.29, 1.82) is 0 Å². The zero-order valence-electron chi connectivity index (χ0n) is 14.3. The molecule has 3 amide bonds. The highest BCUT2D eigenvalue weighted by atomic mass is 79.9. The second-order valence-corrected chi connectivity index (χ2v) is 7.73. The molecule has 0 unspecified atom stereocenters. The van der Waals surface area contributed by atoms with E-state index < -0.39 is 22.5 Å². The van der Waals surface area contributed by atoms with Gasteiger partial charge >= 0.3 is 11.7 Å². The van der Waals surface area contributed by atoms with Crippen LogP contribution in [0.1, 0.15) is 10.4 Å². The van der Waals surface area contributed by atoms with Crippen LogP contribution in [0.5, 0.6) is 11.5 Å². The molecular weight excluding hydrogens is 570 g/mol. The lowest BCUT2D eigenvalue weighted by Gasteiger charge is -2.14. The van der Waals surface area contributed by atoms with E-state index >= 15 is 0 Å². The number of nitro benzene ring substituents is 1. The number of anilines is 1. The summed E-state index contributed by atoms with van der Waals surface area (Å²) in [6.45, 7) is 0. The molecule has 0 aliphatic heterocycles. The van der Waals surface area contributed by atoms with Crippen LogP contribution < -0.4 is 20.1 Å². The fourth-order valence-corrected chi connectivity index (χ4v) is 4.72. The number of carbonyl (C=O) groups is 2. The van der Waals surface area contributed by atoms with Crippen LogP contribution in [-0.4, -0.2) is 31.1 Å². The highest BCUT2D eigenvalue weighted by Gasteiger charge is 2.28. The van der Waals surface area contributed by atoms with E-state index in [1.165, 1.54) is 20.3 Å². The number of methoxy groups -OCH3 is 2. The number of imide groups is 1. The molecule has 2 aromatic carbocycles. The highest BCUT2D eigenvalue weighted by Crippen LogP contribution is 2.37. The van der Waals surface area contributed by atoms with Gasteiger partial charge in [-0.25, -0.2) is 4.79 Å². The lowest BCUT2D eigenvalue weighted by atomic mass is 10.1. The lowest BCUT2D eigenvalue weighted by molar-refractivity contribution is -0.385. The van der Waals surface area contributed by atoms with E-state index in [0.29, 0.717) is 14.6 Å². The van der Waals surface area contributed by atoms with E-state index in [-0.39, 0.29) is 17.1 Å². The first-order valence-corrected chi connectivity index (χ1v) is 9.73. The molecule has 2 N–H and O–H groups in total. The molecular formula is C16H12Br3N3O6. The number of nitrogens with one attached hydrogen (secondary N) is 2. The van der Waals surface area contributed by atoms with Crippen LogP contribution >= 0.6 is 47.8 Å². The molecule has 0 bridgehead atoms. The number of ether oxygens (including phenoxy) is 2. The molecule has 0 aromatic heterocycles. The van der Waals surface area contributed by atoms with Gasteiger partial charge in [-0.05, 0) is 50.1 Å². The molecule has 0 radical (unpaired) electrons. The number of nitro groups is 1. The third kappa shape index (κ3) is 4.80. The zero-order valence-corrected chi connectivity index (χ0v) is 19.1. The average Bonchev–Trinajstić information content (AvgIpc) is 2.62. The second kappa shape index (κ2) is 9.34. The van der Waals surface area contributed by atoms with E-state index in [1.54, 1.807) is 12.1 Å². The van der Waals surface area contributed by atoms with E-state index in [0.717, 1.165) is 10.5 Å². The SMILES string of the molecule is COc1ccc([N+](=O)[O-])c(OC)c1C(=O)NC(=O)Nc1c(Br)cc(Br)cc1Br. The molecule has 0 saturated carbocycles. The Hall–Kier alpha value is -2.18. The van der Waals surface area contributed by atoms with Crippen LogP contribution in [0, 0.1) is 10.1 Å². The van der Waals surface area contributed by atoms with Gasteiger partial charge in [-0.15, -0.1) is 0 Å². The molecule has 148 valence electrons. The molecule has 9 nitrogen and oxygen atoms in total. The van der Waals surface area contributed by atoms with E-state index in [1.807, 2.05) is 0 Å². The van der Waals surface area contributed by atoms with Crippen LogP contribution in [-0.2, 0) is 0 Å². The first kappa shape index (κ1) is 22.1. The molecule has 2 rings (SSSR count). The summed E-state index contributed by atoms with van der Waals surface area (Å²) >= 11 is 9.92. The van der Waals surface area contributed by atoms with Gasteiger partial charge in [-0.3, -0.25) is 20.2 Å². The Balaban J connectivity index is 2.33. The molecule has 12 heteroatoms. The Labute approximate surface area is 184 Å². The quantitative estimate of drug-likeness (QED) is 0.384. The Morgan fingerprint density at radius 1 is 1.07 bits per heavy atom. The van der Waals surface area contributed by atoms with Gasteiger partial charge in [-0.1, -0.05) is 15.9 Å². The fourth-order valence-electron chi connectivity index (χ4n) is 2.26. The first-order chi connectivity index (χ1) is 13.2. The maximum atomic E-state index is 12.6. The van der Waals surface area contributed by atoms with Gasteiger partial charge < -0.3 is 14.8 Å². The van der Waals surface area contributed by atoms with Gasteiger partial charge in [0, 0.05) is 19.5 Å². The van der Waals surface area contributed by atoms with Crippen LogP contribution in [0.3, 0.4) is 0 Å². The fraction of sp³-hybridized carbons (Fsp3) is 0.125. The van der Waals surface area contributed by atoms with E-state index in [2.05, 4.69) is 58.4 Å². The molecule has 0 aliphatic rings. The number of urea groups is 1. The summed E-state index contributed by atoms with van der Waals surface area (Å²) in [6, 6.07) is 4.94. The minimum Gasteiger partial charge on any atom is -0.496 e. The van der Waals surface area contributed by atoms with E-state index in [4.69, 9.17) is 9.47 Å². The largest absolute Gasteiger partial charge is 0.496 e. The number of amides is 3. The molecule has 0 aliphatic carbocycles. The van der Waals surface area contributed by atoms with Crippen LogP contribution in [0.15, 0.2) is 37.7 Å². The maximum Gasteiger partial charge on any atom is 0.326 e. The summed E-state index contributed by atoms with van der Waals surface area (Å²) in [5.41, 5.74) is -0.331. The molecule has 0 atom stereocenters. The topological polar surface area (TPSA) is 120 Å². The monoisotopic (exact) mass is 579 g/mol. The summed E-state index contributed by atoms with van der Waals surface area (Å²) in [6.07, 6.45) is 0. The van der Waals surface area contributed by atoms with Crippen molar-refractivity contribution in [3.8, 4) is 11.5 Å². The van der Waals surface area contributed by atoms with Gasteiger partial charge in [0.25, 0.3) is 5.91 Å². The van der Waals surface area contributed by atoms with Gasteiger partial charge in [0.2, 0.25) is 5.75 Å². The molecule has 0 spiro atoms. The summed E-state index contributed by atoms with van der Waals surface area (Å²) in [4.78, 5) is 35.4. The number of nitrogens with zero attached hydrogens (tertiary/aromatic N) is 1. The van der Waals surface area contributed by atoms with Crippen molar-refractivity contribution in [3.63, 3.8) is 0 Å². The number of benzene rings is 2. The summed E-state index contributed by atoms with van der Waals surface area (Å²) in [5.74, 6) is -1.24. The summed E-state index contributed by atoms with van der Waals surface area (Å²) < 4.78 is 12.0. The number of carbonyl (C=O) groups excluding carboxylic acids is 2. The maximum absolute atomic E-state index is 12.6. The van der Waals surface area contributed by atoms with Crippen LogP contribution in [0.4, 0.5) is 16.2 Å². The van der Waals surface area contributed by atoms with Crippen LogP contribution in [0.2, 0.25) is 0 Å². The van der Waals surface area contributed by atoms with Crippen molar-refractivity contribution < 1.29 is 24.0 Å². The molecule has 0 saturated heterocycles. The molecule has 0 fully saturated rings. The van der Waals surface area contributed by atoms with Crippen molar-refractivity contribution in [3.05, 3.63) is 53.4 Å². The standard InChI is InChI=1S/C16H12Br3N3O6/c1-27-11-4-3-10(22(25)26)14(28-2)12(11)15(23)21-16(24)20-13-8(18)5-7(17)6-9(13)19/h3-6H,1-2H3,(H2,20,21,23,24). The Kier molecular flexibility index (Phi) is 7.38. The van der Waals surface area contributed by atoms with Crippen molar-refractivity contribution in [1.82, 2.24) is 5.32 Å². The number of hydrogen-bond donors (Lipinski definition) is 2. The molecule has 2 aromatic rings. The Bertz CT molecular complexity index is 944. The smallest absolute Gasteiger partial charge is 0.326 e. The molecule has 28 heavy (non-hydrogen) atoms. The second-order valence-electron chi connectivity index (χ2n) is 5.10. The minimum absolute atomic E-state index is 0.0127. The van der Waals surface area contributed by atoms with Gasteiger partial charge in [0.1, 0.15) is 11.3 Å². The van der Waals surface area contributed by atoms with Crippen molar-refractivity contribution in [2.45, 2.75) is 0 Å².